The summed E-state index contributed by atoms with van der Waals surface area (Å²) in [4.78, 5) is 12.4. The highest BCUT2D eigenvalue weighted by Gasteiger charge is 2.15. The molecule has 2 aromatic carbocycles. The van der Waals surface area contributed by atoms with E-state index in [9.17, 15) is 8.42 Å². The minimum absolute atomic E-state index is 0.0196. The second-order valence-corrected chi connectivity index (χ2v) is 8.91. The number of nitrogens with one attached hydrogen (secondary N) is 1. The number of aromatic nitrogens is 5. The predicted octanol–water partition coefficient (Wildman–Crippen LogP) is 4.56. The molecule has 5 aromatic rings. The number of benzene rings is 2. The van der Waals surface area contributed by atoms with Crippen LogP contribution in [0.5, 0.6) is 0 Å². The molecule has 0 aliphatic carbocycles. The summed E-state index contributed by atoms with van der Waals surface area (Å²) in [7, 11) is -3.86. The molecule has 0 radical (unpaired) electrons. The van der Waals surface area contributed by atoms with E-state index in [0.29, 0.717) is 32.6 Å². The van der Waals surface area contributed by atoms with E-state index in [1.165, 1.54) is 53.8 Å². The third-order valence-corrected chi connectivity index (χ3v) is 6.34. The molecule has 34 heavy (non-hydrogen) atoms. The lowest BCUT2D eigenvalue weighted by atomic mass is 10.2. The first-order valence-electron chi connectivity index (χ1n) is 9.75. The lowest BCUT2D eigenvalue weighted by molar-refractivity contribution is 0.420. The van der Waals surface area contributed by atoms with E-state index in [1.54, 1.807) is 6.07 Å². The molecule has 3 aromatic heterocycles. The highest BCUT2D eigenvalue weighted by molar-refractivity contribution is 7.92. The van der Waals surface area contributed by atoms with Gasteiger partial charge in [-0.1, -0.05) is 34.7 Å². The van der Waals surface area contributed by atoms with E-state index in [0.717, 1.165) is 0 Å². The standard InChI is InChI=1S/C21H14N8O3S2/c30-34(31,27-21-22-10-3-11-23-21)16-8-6-15(7-9-16)26-28-29-18-5-2-1-4-17(18)25-19(20(29)33)14-12-24-32-13-14/h1-13H,(H,22,23,27). The second kappa shape index (κ2) is 8.88. The van der Waals surface area contributed by atoms with Gasteiger partial charge >= 0.3 is 0 Å². The molecule has 0 saturated heterocycles. The average molecular weight is 491 g/mol. The van der Waals surface area contributed by atoms with Crippen LogP contribution in [0.3, 0.4) is 0 Å². The Morgan fingerprint density at radius 3 is 2.50 bits per heavy atom. The molecule has 0 aliphatic rings. The van der Waals surface area contributed by atoms with Gasteiger partial charge in [-0.25, -0.2) is 28.1 Å². The first-order valence-corrected chi connectivity index (χ1v) is 11.6. The number of hydrogen-bond donors (Lipinski definition) is 1. The van der Waals surface area contributed by atoms with Crippen molar-refractivity contribution in [2.75, 3.05) is 4.72 Å². The Morgan fingerprint density at radius 2 is 1.76 bits per heavy atom. The van der Waals surface area contributed by atoms with Crippen LogP contribution in [0.1, 0.15) is 0 Å². The van der Waals surface area contributed by atoms with Crippen molar-refractivity contribution in [1.82, 2.24) is 24.8 Å². The third kappa shape index (κ3) is 4.29. The van der Waals surface area contributed by atoms with Crippen LogP contribution in [0.15, 0.2) is 99.2 Å². The van der Waals surface area contributed by atoms with Gasteiger partial charge in [-0.05, 0) is 42.5 Å². The van der Waals surface area contributed by atoms with Crippen LogP contribution in [0, 0.1) is 4.64 Å². The van der Waals surface area contributed by atoms with Crippen molar-refractivity contribution < 1.29 is 12.9 Å². The summed E-state index contributed by atoms with van der Waals surface area (Å²) < 4.78 is 34.1. The molecule has 0 spiro atoms. The monoisotopic (exact) mass is 490 g/mol. The lowest BCUT2D eigenvalue weighted by Gasteiger charge is -2.08. The van der Waals surface area contributed by atoms with Gasteiger partial charge in [0.1, 0.15) is 12.0 Å². The molecule has 0 unspecified atom stereocenters. The minimum Gasteiger partial charge on any atom is -0.364 e. The maximum Gasteiger partial charge on any atom is 0.264 e. The first-order chi connectivity index (χ1) is 16.5. The zero-order chi connectivity index (χ0) is 23.5. The Balaban J connectivity index is 1.47. The maximum atomic E-state index is 12.6. The molecule has 0 fully saturated rings. The topological polar surface area (TPSA) is 141 Å². The van der Waals surface area contributed by atoms with E-state index in [-0.39, 0.29) is 10.8 Å². The van der Waals surface area contributed by atoms with Gasteiger partial charge in [-0.3, -0.25) is 0 Å². The fourth-order valence-electron chi connectivity index (χ4n) is 3.03. The van der Waals surface area contributed by atoms with Crippen LogP contribution >= 0.6 is 12.2 Å². The van der Waals surface area contributed by atoms with Crippen molar-refractivity contribution in [3.05, 3.63) is 84.1 Å². The molecular weight excluding hydrogens is 476 g/mol. The highest BCUT2D eigenvalue weighted by Crippen LogP contribution is 2.24. The second-order valence-electron chi connectivity index (χ2n) is 6.84. The van der Waals surface area contributed by atoms with Crippen molar-refractivity contribution in [2.24, 2.45) is 10.3 Å². The maximum absolute atomic E-state index is 12.6. The molecule has 0 amide bonds. The van der Waals surface area contributed by atoms with E-state index < -0.39 is 10.0 Å². The van der Waals surface area contributed by atoms with Gasteiger partial charge in [0.25, 0.3) is 10.0 Å². The van der Waals surface area contributed by atoms with Gasteiger partial charge in [-0.15, -0.1) is 5.11 Å². The SMILES string of the molecule is O=S(=O)(Nc1ncccn1)c1ccc(N=Nn2c(=S)c(-c3cnoc3)nc3ccccc32)cc1. The highest BCUT2D eigenvalue weighted by atomic mass is 32.2. The third-order valence-electron chi connectivity index (χ3n) is 4.63. The Labute approximate surface area is 197 Å². The number of para-hydroxylation sites is 2. The lowest BCUT2D eigenvalue weighted by Crippen LogP contribution is -2.14. The Bertz CT molecular complexity index is 1650. The molecule has 0 saturated carbocycles. The zero-order valence-corrected chi connectivity index (χ0v) is 18.8. The smallest absolute Gasteiger partial charge is 0.264 e. The summed E-state index contributed by atoms with van der Waals surface area (Å²) in [5.41, 5.74) is 2.82. The van der Waals surface area contributed by atoms with Crippen molar-refractivity contribution in [3.63, 3.8) is 0 Å². The number of sulfonamides is 1. The summed E-state index contributed by atoms with van der Waals surface area (Å²) in [6, 6.07) is 14.8. The number of rotatable bonds is 6. The Kier molecular flexibility index (Phi) is 5.61. The molecule has 3 heterocycles. The number of anilines is 1. The summed E-state index contributed by atoms with van der Waals surface area (Å²) in [5, 5.41) is 12.2. The molecule has 13 heteroatoms. The van der Waals surface area contributed by atoms with Crippen LogP contribution in [-0.4, -0.2) is 33.2 Å². The first kappa shape index (κ1) is 21.5. The summed E-state index contributed by atoms with van der Waals surface area (Å²) >= 11 is 5.59. The molecule has 5 rings (SSSR count). The van der Waals surface area contributed by atoms with Crippen molar-refractivity contribution in [2.45, 2.75) is 4.90 Å². The van der Waals surface area contributed by atoms with Gasteiger partial charge in [-0.2, -0.15) is 4.68 Å². The zero-order valence-electron chi connectivity index (χ0n) is 17.2. The van der Waals surface area contributed by atoms with Crippen LogP contribution in [0.4, 0.5) is 11.6 Å². The summed E-state index contributed by atoms with van der Waals surface area (Å²) in [6.07, 6.45) is 5.84. The van der Waals surface area contributed by atoms with E-state index in [1.807, 2.05) is 24.3 Å². The van der Waals surface area contributed by atoms with Gasteiger partial charge in [0.2, 0.25) is 5.95 Å². The molecule has 1 N–H and O–H groups in total. The van der Waals surface area contributed by atoms with Crippen LogP contribution < -0.4 is 4.72 Å². The van der Waals surface area contributed by atoms with Crippen molar-refractivity contribution >= 4 is 44.9 Å². The minimum atomic E-state index is -3.86. The fourth-order valence-corrected chi connectivity index (χ4v) is 4.29. The van der Waals surface area contributed by atoms with Crippen LogP contribution in [0.2, 0.25) is 0 Å². The number of fused-ring (bicyclic) bond motifs is 1. The average Bonchev–Trinajstić information content (AvgIpc) is 3.39. The van der Waals surface area contributed by atoms with E-state index in [4.69, 9.17) is 16.7 Å². The van der Waals surface area contributed by atoms with Gasteiger partial charge in [0, 0.05) is 12.4 Å². The van der Waals surface area contributed by atoms with Crippen LogP contribution in [-0.2, 0) is 10.0 Å². The molecule has 0 atom stereocenters. The normalized spacial score (nSPS) is 11.8. The predicted molar refractivity (Wildman–Crippen MR) is 125 cm³/mol. The molecule has 0 aliphatic heterocycles. The Hall–Kier alpha value is -4.36. The van der Waals surface area contributed by atoms with Crippen molar-refractivity contribution in [3.8, 4) is 11.3 Å². The van der Waals surface area contributed by atoms with Gasteiger partial charge in [0.05, 0.1) is 33.4 Å². The van der Waals surface area contributed by atoms with Gasteiger partial charge in [0.15, 0.2) is 4.64 Å². The van der Waals surface area contributed by atoms with Crippen LogP contribution in [0.25, 0.3) is 22.3 Å². The molecule has 168 valence electrons. The Morgan fingerprint density at radius 1 is 1.00 bits per heavy atom. The quantitative estimate of drug-likeness (QED) is 0.270. The fraction of sp³-hybridized carbons (Fsp3) is 0. The van der Waals surface area contributed by atoms with Gasteiger partial charge < -0.3 is 4.52 Å². The summed E-state index contributed by atoms with van der Waals surface area (Å²) in [5.74, 6) is -0.0196. The van der Waals surface area contributed by atoms with E-state index >= 15 is 0 Å². The molecular formula is C21H14N8O3S2. The number of hydrogen-bond acceptors (Lipinski definition) is 10. The summed E-state index contributed by atoms with van der Waals surface area (Å²) in [6.45, 7) is 0. The van der Waals surface area contributed by atoms with Crippen molar-refractivity contribution in [1.29, 1.82) is 0 Å². The number of nitrogens with zero attached hydrogens (tertiary/aromatic N) is 7. The van der Waals surface area contributed by atoms with E-state index in [2.05, 4.69) is 35.2 Å². The largest absolute Gasteiger partial charge is 0.364 e. The molecule has 0 bridgehead atoms. The molecule has 11 nitrogen and oxygen atoms in total.